The number of carbonyl (C=O) groups is 2. The van der Waals surface area contributed by atoms with Crippen molar-refractivity contribution in [2.24, 2.45) is 0 Å². The Bertz CT molecular complexity index is 1260. The number of nitrogens with one attached hydrogen (secondary N) is 1. The number of hydrogen-bond acceptors (Lipinski definition) is 5. The largest absolute Gasteiger partial charge is 0.493 e. The topological polar surface area (TPSA) is 77.1 Å². The van der Waals surface area contributed by atoms with Crippen LogP contribution in [0.5, 0.6) is 17.2 Å². The van der Waals surface area contributed by atoms with E-state index in [0.717, 1.165) is 12.2 Å². The van der Waals surface area contributed by atoms with E-state index in [1.54, 1.807) is 55.7 Å². The van der Waals surface area contributed by atoms with Crippen LogP contribution in [-0.4, -0.2) is 32.1 Å². The summed E-state index contributed by atoms with van der Waals surface area (Å²) in [5.41, 5.74) is 5.07. The van der Waals surface area contributed by atoms with E-state index in [2.05, 4.69) is 25.3 Å². The lowest BCUT2D eigenvalue weighted by Gasteiger charge is -2.16. The van der Waals surface area contributed by atoms with Crippen LogP contribution in [0.25, 0.3) is 6.08 Å². The molecule has 1 fully saturated rings. The fourth-order valence-electron chi connectivity index (χ4n) is 3.92. The minimum atomic E-state index is -0.460. The summed E-state index contributed by atoms with van der Waals surface area (Å²) in [4.78, 5) is 25.3. The zero-order valence-electron chi connectivity index (χ0n) is 20.7. The van der Waals surface area contributed by atoms with E-state index in [9.17, 15) is 9.59 Å². The van der Waals surface area contributed by atoms with Crippen LogP contribution in [0.3, 0.4) is 0 Å². The van der Waals surface area contributed by atoms with Crippen molar-refractivity contribution in [2.45, 2.75) is 26.2 Å². The molecule has 4 rings (SSSR count). The van der Waals surface area contributed by atoms with Gasteiger partial charge in [0.2, 0.25) is 0 Å². The number of hydrogen-bond donors (Lipinski definition) is 1. The zero-order valence-corrected chi connectivity index (χ0v) is 20.7. The van der Waals surface area contributed by atoms with Crippen molar-refractivity contribution < 1.29 is 23.8 Å². The molecule has 3 aromatic carbocycles. The van der Waals surface area contributed by atoms with E-state index < -0.39 is 11.8 Å². The highest BCUT2D eigenvalue weighted by Gasteiger charge is 2.34. The fraction of sp³-hybridized carbons (Fsp3) is 0.241. The average Bonchev–Trinajstić information content (AvgIpc) is 3.20. The van der Waals surface area contributed by atoms with Crippen LogP contribution in [0.4, 0.5) is 5.69 Å². The molecule has 1 N–H and O–H groups in total. The summed E-state index contributed by atoms with van der Waals surface area (Å²) in [7, 11) is 1.54. The van der Waals surface area contributed by atoms with Crippen molar-refractivity contribution in [1.82, 2.24) is 5.43 Å². The Morgan fingerprint density at radius 2 is 1.58 bits per heavy atom. The SMILES string of the molecule is CCC(C)c1ccccc1OCCOc1ccc(C=C2C(=O)NN(c3ccccc3)C2=O)cc1OC. The number of benzene rings is 3. The third kappa shape index (κ3) is 5.51. The number of ether oxygens (including phenoxy) is 3. The third-order valence-electron chi connectivity index (χ3n) is 6.07. The van der Waals surface area contributed by atoms with Crippen molar-refractivity contribution in [2.75, 3.05) is 25.3 Å². The van der Waals surface area contributed by atoms with Gasteiger partial charge >= 0.3 is 0 Å². The monoisotopic (exact) mass is 486 g/mol. The van der Waals surface area contributed by atoms with Gasteiger partial charge in [-0.2, -0.15) is 0 Å². The number of amides is 2. The summed E-state index contributed by atoms with van der Waals surface area (Å²) < 4.78 is 17.4. The molecule has 7 heteroatoms. The summed E-state index contributed by atoms with van der Waals surface area (Å²) in [6.45, 7) is 5.05. The molecule has 1 saturated heterocycles. The van der Waals surface area contributed by atoms with Crippen LogP contribution in [0.15, 0.2) is 78.4 Å². The lowest BCUT2D eigenvalue weighted by Crippen LogP contribution is -2.35. The minimum Gasteiger partial charge on any atom is -0.493 e. The fourth-order valence-corrected chi connectivity index (χ4v) is 3.92. The molecule has 0 saturated carbocycles. The summed E-state index contributed by atoms with van der Waals surface area (Å²) in [6, 6.07) is 22.3. The molecular formula is C29H30N2O5. The molecule has 1 aliphatic heterocycles. The summed E-state index contributed by atoms with van der Waals surface area (Å²) in [6.07, 6.45) is 2.58. The van der Waals surface area contributed by atoms with E-state index in [-0.39, 0.29) is 5.57 Å². The van der Waals surface area contributed by atoms with E-state index in [1.165, 1.54) is 10.6 Å². The molecule has 2 amide bonds. The van der Waals surface area contributed by atoms with Crippen molar-refractivity contribution in [3.05, 3.63) is 89.5 Å². The van der Waals surface area contributed by atoms with Crippen LogP contribution in [0.2, 0.25) is 0 Å². The molecule has 186 valence electrons. The number of hydrazine groups is 1. The van der Waals surface area contributed by atoms with Gasteiger partial charge in [0, 0.05) is 0 Å². The van der Waals surface area contributed by atoms with E-state index >= 15 is 0 Å². The Hall–Kier alpha value is -4.26. The smallest absolute Gasteiger partial charge is 0.282 e. The van der Waals surface area contributed by atoms with Gasteiger partial charge in [-0.3, -0.25) is 15.0 Å². The standard InChI is InChI=1S/C29H30N2O5/c1-4-20(2)23-12-8-9-13-25(23)35-16-17-36-26-15-14-21(19-27(26)34-3)18-24-28(32)30-31(29(24)33)22-10-6-5-7-11-22/h5-15,18-20H,4,16-17H2,1-3H3,(H,30,32). The van der Waals surface area contributed by atoms with E-state index in [0.29, 0.717) is 41.9 Å². The van der Waals surface area contributed by atoms with Crippen molar-refractivity contribution in [3.63, 3.8) is 0 Å². The molecule has 7 nitrogen and oxygen atoms in total. The Morgan fingerprint density at radius 1 is 0.889 bits per heavy atom. The summed E-state index contributed by atoms with van der Waals surface area (Å²) in [5, 5.41) is 1.24. The minimum absolute atomic E-state index is 0.0444. The molecule has 1 heterocycles. The highest BCUT2D eigenvalue weighted by Crippen LogP contribution is 2.31. The van der Waals surface area contributed by atoms with Gasteiger partial charge in [-0.25, -0.2) is 5.01 Å². The molecule has 36 heavy (non-hydrogen) atoms. The molecule has 1 aliphatic rings. The third-order valence-corrected chi connectivity index (χ3v) is 6.07. The van der Waals surface area contributed by atoms with Gasteiger partial charge in [0.1, 0.15) is 24.5 Å². The Kier molecular flexibility index (Phi) is 7.90. The maximum Gasteiger partial charge on any atom is 0.282 e. The van der Waals surface area contributed by atoms with Gasteiger partial charge in [0.05, 0.1) is 12.8 Å². The van der Waals surface area contributed by atoms with Crippen molar-refractivity contribution in [1.29, 1.82) is 0 Å². The second-order valence-corrected chi connectivity index (χ2v) is 8.43. The number of methoxy groups -OCH3 is 1. The molecule has 0 aromatic heterocycles. The van der Waals surface area contributed by atoms with Gasteiger partial charge in [-0.05, 0) is 59.9 Å². The molecule has 0 aliphatic carbocycles. The number of para-hydroxylation sites is 2. The molecule has 0 radical (unpaired) electrons. The van der Waals surface area contributed by atoms with Gasteiger partial charge in [0.15, 0.2) is 11.5 Å². The highest BCUT2D eigenvalue weighted by atomic mass is 16.5. The van der Waals surface area contributed by atoms with Gasteiger partial charge in [0.25, 0.3) is 11.8 Å². The molecule has 0 bridgehead atoms. The van der Waals surface area contributed by atoms with Crippen LogP contribution in [-0.2, 0) is 9.59 Å². The number of anilines is 1. The normalized spacial score (nSPS) is 15.1. The lowest BCUT2D eigenvalue weighted by molar-refractivity contribution is -0.117. The Morgan fingerprint density at radius 3 is 2.31 bits per heavy atom. The van der Waals surface area contributed by atoms with E-state index in [4.69, 9.17) is 14.2 Å². The summed E-state index contributed by atoms with van der Waals surface area (Å²) >= 11 is 0. The van der Waals surface area contributed by atoms with Crippen LogP contribution in [0, 0.1) is 0 Å². The average molecular weight is 487 g/mol. The first-order valence-electron chi connectivity index (χ1n) is 12.0. The van der Waals surface area contributed by atoms with Crippen LogP contribution in [0.1, 0.15) is 37.3 Å². The molecule has 1 unspecified atom stereocenters. The zero-order chi connectivity index (χ0) is 25.5. The quantitative estimate of drug-likeness (QED) is 0.244. The summed E-state index contributed by atoms with van der Waals surface area (Å²) in [5.74, 6) is 1.45. The van der Waals surface area contributed by atoms with Crippen molar-refractivity contribution >= 4 is 23.6 Å². The maximum atomic E-state index is 12.8. The van der Waals surface area contributed by atoms with Crippen LogP contribution < -0.4 is 24.6 Å². The van der Waals surface area contributed by atoms with E-state index in [1.807, 2.05) is 24.3 Å². The van der Waals surface area contributed by atoms with Gasteiger partial charge < -0.3 is 14.2 Å². The first-order chi connectivity index (χ1) is 17.5. The van der Waals surface area contributed by atoms with Crippen LogP contribution >= 0.6 is 0 Å². The number of carbonyl (C=O) groups excluding carboxylic acids is 2. The predicted octanol–water partition coefficient (Wildman–Crippen LogP) is 5.13. The second kappa shape index (κ2) is 11.4. The first-order valence-corrected chi connectivity index (χ1v) is 12.0. The molecule has 0 spiro atoms. The van der Waals surface area contributed by atoms with Gasteiger partial charge in [-0.1, -0.05) is 56.3 Å². The lowest BCUT2D eigenvalue weighted by atomic mass is 9.98. The maximum absolute atomic E-state index is 12.8. The van der Waals surface area contributed by atoms with Crippen molar-refractivity contribution in [3.8, 4) is 17.2 Å². The highest BCUT2D eigenvalue weighted by molar-refractivity contribution is 6.31. The first kappa shape index (κ1) is 24.9. The molecular weight excluding hydrogens is 456 g/mol. The number of rotatable bonds is 10. The Balaban J connectivity index is 1.41. The molecule has 3 aromatic rings. The number of nitrogens with zero attached hydrogens (tertiary/aromatic N) is 1. The predicted molar refractivity (Wildman–Crippen MR) is 139 cm³/mol. The second-order valence-electron chi connectivity index (χ2n) is 8.43. The van der Waals surface area contributed by atoms with Gasteiger partial charge in [-0.15, -0.1) is 0 Å². The Labute approximate surface area is 211 Å². The molecule has 1 atom stereocenters.